The van der Waals surface area contributed by atoms with E-state index in [2.05, 4.69) is 31.2 Å². The quantitative estimate of drug-likeness (QED) is 0.916. The van der Waals surface area contributed by atoms with Crippen molar-refractivity contribution in [2.24, 2.45) is 0 Å². The van der Waals surface area contributed by atoms with Gasteiger partial charge in [0.1, 0.15) is 11.6 Å². The molecule has 0 aliphatic heterocycles. The smallest absolute Gasteiger partial charge is 0.321 e. The molecule has 6 heteroatoms. The lowest BCUT2D eigenvalue weighted by atomic mass is 10.3. The van der Waals surface area contributed by atoms with Crippen molar-refractivity contribution >= 4 is 15.9 Å². The van der Waals surface area contributed by atoms with Crippen molar-refractivity contribution < 1.29 is 9.13 Å². The highest BCUT2D eigenvalue weighted by atomic mass is 79.9. The van der Waals surface area contributed by atoms with Crippen molar-refractivity contribution in [1.29, 1.82) is 0 Å². The predicted molar refractivity (Wildman–Crippen MR) is 73.6 cm³/mol. The molecule has 2 rings (SSSR count). The number of hydrogen-bond acceptors (Lipinski definition) is 4. The second-order valence-corrected chi connectivity index (χ2v) is 4.69. The summed E-state index contributed by atoms with van der Waals surface area (Å²) in [5.41, 5.74) is 0.979. The minimum atomic E-state index is -0.332. The molecular weight excluding hydrogens is 313 g/mol. The lowest BCUT2D eigenvalue weighted by Crippen LogP contribution is -2.12. The van der Waals surface area contributed by atoms with Crippen LogP contribution in [0.4, 0.5) is 4.39 Å². The van der Waals surface area contributed by atoms with E-state index in [9.17, 15) is 4.39 Å². The van der Waals surface area contributed by atoms with Gasteiger partial charge in [0.25, 0.3) is 0 Å². The van der Waals surface area contributed by atoms with Gasteiger partial charge in [0.05, 0.1) is 4.47 Å². The number of nitrogens with one attached hydrogen (secondary N) is 1. The minimum absolute atomic E-state index is 0.229. The van der Waals surface area contributed by atoms with Gasteiger partial charge in [-0.2, -0.15) is 0 Å². The van der Waals surface area contributed by atoms with E-state index < -0.39 is 0 Å². The topological polar surface area (TPSA) is 47.0 Å². The third kappa shape index (κ3) is 3.97. The zero-order valence-electron chi connectivity index (χ0n) is 10.4. The average molecular weight is 326 g/mol. The summed E-state index contributed by atoms with van der Waals surface area (Å²) in [6.45, 7) is 3.64. The van der Waals surface area contributed by atoms with Crippen LogP contribution in [0.2, 0.25) is 0 Å². The van der Waals surface area contributed by atoms with Gasteiger partial charge < -0.3 is 10.1 Å². The summed E-state index contributed by atoms with van der Waals surface area (Å²) in [5, 5.41) is 3.18. The van der Waals surface area contributed by atoms with Crippen molar-refractivity contribution in [3.63, 3.8) is 0 Å². The van der Waals surface area contributed by atoms with Gasteiger partial charge in [-0.1, -0.05) is 6.92 Å². The van der Waals surface area contributed by atoms with Gasteiger partial charge in [-0.15, -0.1) is 0 Å². The molecule has 100 valence electrons. The van der Waals surface area contributed by atoms with Crippen molar-refractivity contribution in [1.82, 2.24) is 15.3 Å². The molecule has 0 radical (unpaired) electrons. The van der Waals surface area contributed by atoms with E-state index in [-0.39, 0.29) is 11.8 Å². The number of benzene rings is 1. The molecule has 0 bridgehead atoms. The van der Waals surface area contributed by atoms with Crippen molar-refractivity contribution in [2.45, 2.75) is 13.5 Å². The zero-order chi connectivity index (χ0) is 13.7. The minimum Gasteiger partial charge on any atom is -0.423 e. The van der Waals surface area contributed by atoms with E-state index in [0.29, 0.717) is 10.2 Å². The average Bonchev–Trinajstić information content (AvgIpc) is 2.41. The van der Waals surface area contributed by atoms with Gasteiger partial charge >= 0.3 is 6.01 Å². The summed E-state index contributed by atoms with van der Waals surface area (Å²) < 4.78 is 18.9. The number of rotatable bonds is 5. The maximum absolute atomic E-state index is 12.9. The van der Waals surface area contributed by atoms with E-state index in [0.717, 1.165) is 18.7 Å². The van der Waals surface area contributed by atoms with Gasteiger partial charge in [0, 0.05) is 24.5 Å². The number of ether oxygens (including phenoxy) is 1. The summed E-state index contributed by atoms with van der Waals surface area (Å²) in [6, 6.07) is 4.40. The van der Waals surface area contributed by atoms with Crippen LogP contribution in [-0.2, 0) is 6.54 Å². The SMILES string of the molecule is CCNCc1cnc(Oc2ccc(F)cc2Br)nc1. The monoisotopic (exact) mass is 325 g/mol. The fourth-order valence-corrected chi connectivity index (χ4v) is 1.84. The highest BCUT2D eigenvalue weighted by molar-refractivity contribution is 9.10. The maximum atomic E-state index is 12.9. The Hall–Kier alpha value is -1.53. The molecule has 1 aromatic heterocycles. The van der Waals surface area contributed by atoms with E-state index in [1.54, 1.807) is 12.4 Å². The Labute approximate surface area is 119 Å². The summed E-state index contributed by atoms with van der Waals surface area (Å²) in [7, 11) is 0. The maximum Gasteiger partial charge on any atom is 0.321 e. The summed E-state index contributed by atoms with van der Waals surface area (Å²) in [5.74, 6) is 0.141. The van der Waals surface area contributed by atoms with Crippen LogP contribution in [0.15, 0.2) is 35.1 Å². The number of aromatic nitrogens is 2. The van der Waals surface area contributed by atoms with Gasteiger partial charge in [0.15, 0.2) is 0 Å². The molecule has 4 nitrogen and oxygen atoms in total. The van der Waals surface area contributed by atoms with E-state index in [1.807, 2.05) is 6.92 Å². The third-order valence-corrected chi connectivity index (χ3v) is 2.98. The molecule has 0 atom stereocenters. The van der Waals surface area contributed by atoms with Crippen LogP contribution in [0.3, 0.4) is 0 Å². The second kappa shape index (κ2) is 6.58. The molecular formula is C13H13BrFN3O. The van der Waals surface area contributed by atoms with Crippen molar-refractivity contribution in [3.8, 4) is 11.8 Å². The Morgan fingerprint density at radius 1 is 1.32 bits per heavy atom. The molecule has 1 N–H and O–H groups in total. The molecule has 0 spiro atoms. The van der Waals surface area contributed by atoms with Gasteiger partial charge in [-0.05, 0) is 40.7 Å². The van der Waals surface area contributed by atoms with E-state index >= 15 is 0 Å². The van der Waals surface area contributed by atoms with Crippen LogP contribution in [0.5, 0.6) is 11.8 Å². The lowest BCUT2D eigenvalue weighted by Gasteiger charge is -2.06. The first-order valence-electron chi connectivity index (χ1n) is 5.83. The summed E-state index contributed by atoms with van der Waals surface area (Å²) in [6.07, 6.45) is 3.39. The van der Waals surface area contributed by atoms with Crippen LogP contribution in [0.1, 0.15) is 12.5 Å². The Balaban J connectivity index is 2.06. The largest absolute Gasteiger partial charge is 0.423 e. The Morgan fingerprint density at radius 3 is 2.68 bits per heavy atom. The number of nitrogens with zero attached hydrogens (tertiary/aromatic N) is 2. The first kappa shape index (κ1) is 13.9. The molecule has 0 amide bonds. The molecule has 19 heavy (non-hydrogen) atoms. The molecule has 0 aliphatic rings. The first-order valence-corrected chi connectivity index (χ1v) is 6.63. The van der Waals surface area contributed by atoms with Crippen LogP contribution in [0.25, 0.3) is 0 Å². The van der Waals surface area contributed by atoms with Gasteiger partial charge in [-0.25, -0.2) is 14.4 Å². The molecule has 0 aliphatic carbocycles. The highest BCUT2D eigenvalue weighted by Crippen LogP contribution is 2.28. The van der Waals surface area contributed by atoms with Crippen LogP contribution >= 0.6 is 15.9 Å². The summed E-state index contributed by atoms with van der Waals surface area (Å²) in [4.78, 5) is 8.21. The van der Waals surface area contributed by atoms with E-state index in [1.165, 1.54) is 18.2 Å². The predicted octanol–water partition coefficient (Wildman–Crippen LogP) is 3.28. The first-order chi connectivity index (χ1) is 9.19. The molecule has 0 unspecified atom stereocenters. The number of halogens is 2. The zero-order valence-corrected chi connectivity index (χ0v) is 11.9. The van der Waals surface area contributed by atoms with Crippen LogP contribution in [0, 0.1) is 5.82 Å². The Bertz CT molecular complexity index is 548. The Kier molecular flexibility index (Phi) is 4.81. The van der Waals surface area contributed by atoms with Gasteiger partial charge in [-0.3, -0.25) is 0 Å². The fraction of sp³-hybridized carbons (Fsp3) is 0.231. The molecule has 0 saturated heterocycles. The van der Waals surface area contributed by atoms with Crippen molar-refractivity contribution in [3.05, 3.63) is 46.4 Å². The highest BCUT2D eigenvalue weighted by Gasteiger charge is 2.06. The third-order valence-electron chi connectivity index (χ3n) is 2.36. The summed E-state index contributed by atoms with van der Waals surface area (Å²) >= 11 is 3.22. The molecule has 1 aromatic carbocycles. The van der Waals surface area contributed by atoms with E-state index in [4.69, 9.17) is 4.74 Å². The molecule has 0 fully saturated rings. The van der Waals surface area contributed by atoms with Crippen molar-refractivity contribution in [2.75, 3.05) is 6.54 Å². The fourth-order valence-electron chi connectivity index (χ4n) is 1.41. The van der Waals surface area contributed by atoms with Crippen LogP contribution < -0.4 is 10.1 Å². The lowest BCUT2D eigenvalue weighted by molar-refractivity contribution is 0.436. The molecule has 1 heterocycles. The Morgan fingerprint density at radius 2 is 2.05 bits per heavy atom. The van der Waals surface area contributed by atoms with Crippen LogP contribution in [-0.4, -0.2) is 16.5 Å². The van der Waals surface area contributed by atoms with Gasteiger partial charge in [0.2, 0.25) is 0 Å². The normalized spacial score (nSPS) is 10.5. The number of hydrogen-bond donors (Lipinski definition) is 1. The standard InChI is InChI=1S/C13H13BrFN3O/c1-2-16-6-9-7-17-13(18-8-9)19-12-4-3-10(15)5-11(12)14/h3-5,7-8,16H,2,6H2,1H3. The molecule has 2 aromatic rings. The second-order valence-electron chi connectivity index (χ2n) is 3.83. The molecule has 0 saturated carbocycles.